The maximum absolute atomic E-state index is 5.09. The molecule has 3 heteroatoms. The SMILES string of the molecule is CCCNCc1cccc(CN(C)CCOC)c1. The molecule has 1 rings (SSSR count). The van der Waals surface area contributed by atoms with Crippen LogP contribution in [0.3, 0.4) is 0 Å². The zero-order valence-corrected chi connectivity index (χ0v) is 11.9. The summed E-state index contributed by atoms with van der Waals surface area (Å²) in [7, 11) is 3.87. The van der Waals surface area contributed by atoms with Gasteiger partial charge in [0.05, 0.1) is 6.61 Å². The standard InChI is InChI=1S/C15H26N2O/c1-4-8-16-12-14-6-5-7-15(11-14)13-17(2)9-10-18-3/h5-7,11,16H,4,8-10,12-13H2,1-3H3. The molecule has 0 radical (unpaired) electrons. The maximum atomic E-state index is 5.09. The lowest BCUT2D eigenvalue weighted by molar-refractivity contribution is 0.158. The molecule has 1 aromatic rings. The lowest BCUT2D eigenvalue weighted by Gasteiger charge is -2.16. The molecule has 0 heterocycles. The highest BCUT2D eigenvalue weighted by atomic mass is 16.5. The van der Waals surface area contributed by atoms with E-state index in [2.05, 4.69) is 48.5 Å². The average Bonchev–Trinajstić information content (AvgIpc) is 2.37. The molecule has 3 nitrogen and oxygen atoms in total. The fourth-order valence-corrected chi connectivity index (χ4v) is 1.89. The minimum absolute atomic E-state index is 0.786. The number of methoxy groups -OCH3 is 1. The van der Waals surface area contributed by atoms with Gasteiger partial charge in [-0.25, -0.2) is 0 Å². The van der Waals surface area contributed by atoms with Gasteiger partial charge in [0.15, 0.2) is 0 Å². The average molecular weight is 250 g/mol. The molecule has 0 aliphatic rings. The predicted molar refractivity (Wildman–Crippen MR) is 76.6 cm³/mol. The Hall–Kier alpha value is -0.900. The molecule has 1 N–H and O–H groups in total. The van der Waals surface area contributed by atoms with Crippen molar-refractivity contribution in [2.45, 2.75) is 26.4 Å². The Morgan fingerprint density at radius 2 is 2.06 bits per heavy atom. The van der Waals surface area contributed by atoms with Gasteiger partial charge in [-0.15, -0.1) is 0 Å². The third-order valence-electron chi connectivity index (χ3n) is 2.88. The van der Waals surface area contributed by atoms with Gasteiger partial charge in [0.25, 0.3) is 0 Å². The van der Waals surface area contributed by atoms with Crippen molar-refractivity contribution in [3.63, 3.8) is 0 Å². The molecule has 0 aromatic heterocycles. The Morgan fingerprint density at radius 3 is 2.78 bits per heavy atom. The molecule has 0 fully saturated rings. The van der Waals surface area contributed by atoms with Crippen LogP contribution in [0.5, 0.6) is 0 Å². The lowest BCUT2D eigenvalue weighted by atomic mass is 10.1. The second-order valence-electron chi connectivity index (χ2n) is 4.73. The van der Waals surface area contributed by atoms with E-state index in [9.17, 15) is 0 Å². The van der Waals surface area contributed by atoms with Gasteiger partial charge in [0.1, 0.15) is 0 Å². The highest BCUT2D eigenvalue weighted by molar-refractivity contribution is 5.23. The van der Waals surface area contributed by atoms with Crippen LogP contribution in [0.25, 0.3) is 0 Å². The third-order valence-corrected chi connectivity index (χ3v) is 2.88. The van der Waals surface area contributed by atoms with Crippen molar-refractivity contribution in [1.29, 1.82) is 0 Å². The summed E-state index contributed by atoms with van der Waals surface area (Å²) < 4.78 is 5.09. The van der Waals surface area contributed by atoms with Crippen LogP contribution in [0.2, 0.25) is 0 Å². The summed E-state index contributed by atoms with van der Waals surface area (Å²) in [4.78, 5) is 2.28. The number of ether oxygens (including phenoxy) is 1. The van der Waals surface area contributed by atoms with E-state index < -0.39 is 0 Å². The molecule has 0 saturated carbocycles. The summed E-state index contributed by atoms with van der Waals surface area (Å²) in [5, 5.41) is 3.43. The van der Waals surface area contributed by atoms with Crippen LogP contribution in [0, 0.1) is 0 Å². The van der Waals surface area contributed by atoms with Crippen LogP contribution >= 0.6 is 0 Å². The molecule has 18 heavy (non-hydrogen) atoms. The van der Waals surface area contributed by atoms with Crippen molar-refractivity contribution in [3.05, 3.63) is 35.4 Å². The van der Waals surface area contributed by atoms with Crippen molar-refractivity contribution in [2.24, 2.45) is 0 Å². The first kappa shape index (κ1) is 15.2. The highest BCUT2D eigenvalue weighted by Gasteiger charge is 2.01. The number of hydrogen-bond donors (Lipinski definition) is 1. The van der Waals surface area contributed by atoms with Crippen molar-refractivity contribution in [3.8, 4) is 0 Å². The third kappa shape index (κ3) is 6.15. The predicted octanol–water partition coefficient (Wildman–Crippen LogP) is 2.26. The van der Waals surface area contributed by atoms with Crippen molar-refractivity contribution < 1.29 is 4.74 Å². The molecule has 0 saturated heterocycles. The summed E-state index contributed by atoms with van der Waals surface area (Å²) in [6.45, 7) is 6.96. The number of benzene rings is 1. The first-order valence-corrected chi connectivity index (χ1v) is 6.72. The Balaban J connectivity index is 2.43. The summed E-state index contributed by atoms with van der Waals surface area (Å²) in [6, 6.07) is 8.79. The number of nitrogens with zero attached hydrogens (tertiary/aromatic N) is 1. The molecule has 0 aliphatic heterocycles. The summed E-state index contributed by atoms with van der Waals surface area (Å²) in [5.74, 6) is 0. The molecule has 0 atom stereocenters. The van der Waals surface area contributed by atoms with E-state index in [1.807, 2.05) is 0 Å². The van der Waals surface area contributed by atoms with E-state index in [0.29, 0.717) is 0 Å². The lowest BCUT2D eigenvalue weighted by Crippen LogP contribution is -2.22. The Morgan fingerprint density at radius 1 is 1.28 bits per heavy atom. The number of likely N-dealkylation sites (N-methyl/N-ethyl adjacent to an activating group) is 1. The van der Waals surface area contributed by atoms with Gasteiger partial charge in [-0.3, -0.25) is 4.90 Å². The number of hydrogen-bond acceptors (Lipinski definition) is 3. The normalized spacial score (nSPS) is 11.1. The van der Waals surface area contributed by atoms with Crippen LogP contribution in [-0.4, -0.2) is 38.8 Å². The van der Waals surface area contributed by atoms with Gasteiger partial charge in [-0.2, -0.15) is 0 Å². The van der Waals surface area contributed by atoms with Crippen LogP contribution < -0.4 is 5.32 Å². The van der Waals surface area contributed by atoms with Gasteiger partial charge in [-0.1, -0.05) is 31.2 Å². The first-order chi connectivity index (χ1) is 8.76. The van der Waals surface area contributed by atoms with Crippen molar-refractivity contribution >= 4 is 0 Å². The first-order valence-electron chi connectivity index (χ1n) is 6.72. The minimum atomic E-state index is 0.786. The van der Waals surface area contributed by atoms with Crippen LogP contribution in [-0.2, 0) is 17.8 Å². The largest absolute Gasteiger partial charge is 0.383 e. The molecule has 0 spiro atoms. The fourth-order valence-electron chi connectivity index (χ4n) is 1.89. The van der Waals surface area contributed by atoms with Crippen molar-refractivity contribution in [2.75, 3.05) is 33.9 Å². The van der Waals surface area contributed by atoms with Gasteiger partial charge in [-0.05, 0) is 31.1 Å². The van der Waals surface area contributed by atoms with E-state index in [1.54, 1.807) is 7.11 Å². The van der Waals surface area contributed by atoms with Gasteiger partial charge >= 0.3 is 0 Å². The van der Waals surface area contributed by atoms with E-state index in [4.69, 9.17) is 4.74 Å². The molecule has 0 aliphatic carbocycles. The highest BCUT2D eigenvalue weighted by Crippen LogP contribution is 2.07. The van der Waals surface area contributed by atoms with Gasteiger partial charge in [0.2, 0.25) is 0 Å². The molecule has 1 aromatic carbocycles. The van der Waals surface area contributed by atoms with E-state index in [0.717, 1.165) is 32.8 Å². The maximum Gasteiger partial charge on any atom is 0.0589 e. The Labute approximate surface area is 111 Å². The molecule has 102 valence electrons. The van der Waals surface area contributed by atoms with Crippen LogP contribution in [0.15, 0.2) is 24.3 Å². The second kappa shape index (κ2) is 9.09. The fraction of sp³-hybridized carbons (Fsp3) is 0.600. The summed E-state index contributed by atoms with van der Waals surface area (Å²) in [5.41, 5.74) is 2.73. The van der Waals surface area contributed by atoms with Gasteiger partial charge < -0.3 is 10.1 Å². The molecular formula is C15H26N2O. The molecule has 0 bridgehead atoms. The minimum Gasteiger partial charge on any atom is -0.383 e. The van der Waals surface area contributed by atoms with Gasteiger partial charge in [0, 0.05) is 26.7 Å². The number of nitrogens with one attached hydrogen (secondary N) is 1. The topological polar surface area (TPSA) is 24.5 Å². The van der Waals surface area contributed by atoms with Crippen LogP contribution in [0.4, 0.5) is 0 Å². The zero-order chi connectivity index (χ0) is 13.2. The van der Waals surface area contributed by atoms with Crippen molar-refractivity contribution in [1.82, 2.24) is 10.2 Å². The Kier molecular flexibility index (Phi) is 7.65. The summed E-state index contributed by atoms with van der Waals surface area (Å²) >= 11 is 0. The molecule has 0 unspecified atom stereocenters. The van der Waals surface area contributed by atoms with E-state index in [1.165, 1.54) is 17.5 Å². The second-order valence-corrected chi connectivity index (χ2v) is 4.73. The Bertz CT molecular complexity index is 328. The van der Waals surface area contributed by atoms with E-state index >= 15 is 0 Å². The monoisotopic (exact) mass is 250 g/mol. The van der Waals surface area contributed by atoms with E-state index in [-0.39, 0.29) is 0 Å². The molecule has 0 amide bonds. The zero-order valence-electron chi connectivity index (χ0n) is 11.9. The smallest absolute Gasteiger partial charge is 0.0589 e. The van der Waals surface area contributed by atoms with Crippen LogP contribution in [0.1, 0.15) is 24.5 Å². The molecular weight excluding hydrogens is 224 g/mol. The summed E-state index contributed by atoms with van der Waals surface area (Å²) in [6.07, 6.45) is 1.18. The quantitative estimate of drug-likeness (QED) is 0.680. The number of rotatable bonds is 9.